The third kappa shape index (κ3) is 7.98. The second kappa shape index (κ2) is 13.3. The molecule has 1 aromatic rings. The first-order valence-electron chi connectivity index (χ1n) is 11.2. The summed E-state index contributed by atoms with van der Waals surface area (Å²) < 4.78 is 16.2. The number of ether oxygens (including phenoxy) is 3. The predicted molar refractivity (Wildman–Crippen MR) is 136 cm³/mol. The van der Waals surface area contributed by atoms with Crippen molar-refractivity contribution in [2.24, 2.45) is 16.1 Å². The summed E-state index contributed by atoms with van der Waals surface area (Å²) in [6.07, 6.45) is 7.27. The molecule has 0 spiro atoms. The second-order valence-electron chi connectivity index (χ2n) is 8.52. The average molecular weight is 546 g/mol. The first kappa shape index (κ1) is 26.0. The molecule has 1 aliphatic heterocycles. The van der Waals surface area contributed by atoms with E-state index in [4.69, 9.17) is 24.9 Å². The molecule has 176 valence electrons. The maximum atomic E-state index is 6.21. The molecule has 0 aromatic heterocycles. The largest absolute Gasteiger partial charge is 0.493 e. The third-order valence-corrected chi connectivity index (χ3v) is 6.33. The van der Waals surface area contributed by atoms with E-state index < -0.39 is 0 Å². The summed E-state index contributed by atoms with van der Waals surface area (Å²) in [5.41, 5.74) is 7.63. The van der Waals surface area contributed by atoms with Gasteiger partial charge in [-0.15, -0.1) is 24.0 Å². The van der Waals surface area contributed by atoms with E-state index in [0.29, 0.717) is 5.96 Å². The molecule has 2 fully saturated rings. The zero-order valence-electron chi connectivity index (χ0n) is 19.0. The predicted octanol–water partition coefficient (Wildman–Crippen LogP) is 3.05. The molecular formula is C23H39IN4O3. The maximum absolute atomic E-state index is 6.21. The minimum Gasteiger partial charge on any atom is -0.493 e. The van der Waals surface area contributed by atoms with Crippen LogP contribution in [0.3, 0.4) is 0 Å². The van der Waals surface area contributed by atoms with Gasteiger partial charge in [0.25, 0.3) is 0 Å². The van der Waals surface area contributed by atoms with E-state index in [0.717, 1.165) is 63.9 Å². The van der Waals surface area contributed by atoms with E-state index in [1.165, 1.54) is 37.7 Å². The normalized spacial score (nSPS) is 19.4. The van der Waals surface area contributed by atoms with Crippen molar-refractivity contribution >= 4 is 29.9 Å². The number of nitrogens with zero attached hydrogens (tertiary/aromatic N) is 2. The number of aliphatic imine (C=N–C) groups is 1. The van der Waals surface area contributed by atoms with E-state index >= 15 is 0 Å². The highest BCUT2D eigenvalue weighted by molar-refractivity contribution is 14.0. The van der Waals surface area contributed by atoms with E-state index in [2.05, 4.69) is 16.3 Å². The van der Waals surface area contributed by atoms with Crippen LogP contribution in [0.2, 0.25) is 0 Å². The van der Waals surface area contributed by atoms with Gasteiger partial charge in [-0.1, -0.05) is 25.3 Å². The number of morpholine rings is 1. The zero-order chi connectivity index (χ0) is 21.2. The molecule has 1 aliphatic carbocycles. The highest BCUT2D eigenvalue weighted by Gasteiger charge is 2.34. The molecule has 8 heteroatoms. The minimum absolute atomic E-state index is 0. The van der Waals surface area contributed by atoms with Crippen molar-refractivity contribution in [3.63, 3.8) is 0 Å². The Kier molecular flexibility index (Phi) is 11.2. The van der Waals surface area contributed by atoms with Crippen molar-refractivity contribution < 1.29 is 14.2 Å². The summed E-state index contributed by atoms with van der Waals surface area (Å²) in [7, 11) is 3.30. The van der Waals surface area contributed by atoms with Crippen LogP contribution in [-0.2, 0) is 11.2 Å². The minimum atomic E-state index is 0. The zero-order valence-corrected chi connectivity index (χ0v) is 21.4. The number of guanidine groups is 1. The number of nitrogens with one attached hydrogen (secondary N) is 1. The Balaban J connectivity index is 0.00000341. The van der Waals surface area contributed by atoms with Crippen LogP contribution in [0.25, 0.3) is 0 Å². The number of rotatable bonds is 9. The summed E-state index contributed by atoms with van der Waals surface area (Å²) >= 11 is 0. The lowest BCUT2D eigenvalue weighted by molar-refractivity contribution is 0.00939. The van der Waals surface area contributed by atoms with Gasteiger partial charge in [-0.2, -0.15) is 0 Å². The van der Waals surface area contributed by atoms with Crippen LogP contribution in [0.5, 0.6) is 11.5 Å². The number of benzene rings is 1. The molecular weight excluding hydrogens is 507 g/mol. The summed E-state index contributed by atoms with van der Waals surface area (Å²) in [6, 6.07) is 5.99. The van der Waals surface area contributed by atoms with Crippen LogP contribution in [0.4, 0.5) is 0 Å². The molecule has 31 heavy (non-hydrogen) atoms. The molecule has 2 aliphatic rings. The quantitative estimate of drug-likeness (QED) is 0.282. The summed E-state index contributed by atoms with van der Waals surface area (Å²) in [5.74, 6) is 2.04. The lowest BCUT2D eigenvalue weighted by Gasteiger charge is -2.41. The Hall–Kier alpha value is -1.26. The lowest BCUT2D eigenvalue weighted by atomic mass is 9.73. The summed E-state index contributed by atoms with van der Waals surface area (Å²) in [5, 5.41) is 3.28. The highest BCUT2D eigenvalue weighted by atomic mass is 127. The second-order valence-corrected chi connectivity index (χ2v) is 8.52. The molecule has 3 rings (SSSR count). The standard InChI is InChI=1S/C23H38N4O3.HI/c1-28-20-7-6-19(16-21(20)29-2)8-11-25-22(24)26-17-23(9-4-3-5-10-23)18-27-12-14-30-15-13-27;/h6-7,16H,3-5,8-15,17-18H2,1-2H3,(H3,24,25,26);1H. The van der Waals surface area contributed by atoms with Gasteiger partial charge in [0.15, 0.2) is 17.5 Å². The van der Waals surface area contributed by atoms with Crippen molar-refractivity contribution in [2.45, 2.75) is 38.5 Å². The molecule has 1 heterocycles. The lowest BCUT2D eigenvalue weighted by Crippen LogP contribution is -2.46. The number of halogens is 1. The first-order chi connectivity index (χ1) is 14.6. The van der Waals surface area contributed by atoms with Crippen molar-refractivity contribution in [1.82, 2.24) is 10.2 Å². The van der Waals surface area contributed by atoms with E-state index in [1.54, 1.807) is 14.2 Å². The van der Waals surface area contributed by atoms with Gasteiger partial charge >= 0.3 is 0 Å². The molecule has 0 unspecified atom stereocenters. The Morgan fingerprint density at radius 1 is 1.13 bits per heavy atom. The Morgan fingerprint density at radius 2 is 1.84 bits per heavy atom. The van der Waals surface area contributed by atoms with Crippen molar-refractivity contribution in [3.8, 4) is 11.5 Å². The third-order valence-electron chi connectivity index (χ3n) is 6.33. The molecule has 3 N–H and O–H groups in total. The van der Waals surface area contributed by atoms with Gasteiger partial charge in [0.1, 0.15) is 0 Å². The summed E-state index contributed by atoms with van der Waals surface area (Å²) in [6.45, 7) is 6.41. The smallest absolute Gasteiger partial charge is 0.188 e. The average Bonchev–Trinajstić information content (AvgIpc) is 2.79. The van der Waals surface area contributed by atoms with Gasteiger partial charge in [0, 0.05) is 38.1 Å². The van der Waals surface area contributed by atoms with Gasteiger partial charge in [-0.05, 0) is 37.0 Å². The Bertz CT molecular complexity index is 689. The fraction of sp³-hybridized carbons (Fsp3) is 0.696. The van der Waals surface area contributed by atoms with Crippen LogP contribution >= 0.6 is 24.0 Å². The van der Waals surface area contributed by atoms with Crippen molar-refractivity contribution in [1.29, 1.82) is 0 Å². The topological polar surface area (TPSA) is 81.3 Å². The maximum Gasteiger partial charge on any atom is 0.188 e. The molecule has 7 nitrogen and oxygen atoms in total. The van der Waals surface area contributed by atoms with Crippen LogP contribution < -0.4 is 20.5 Å². The van der Waals surface area contributed by atoms with Crippen LogP contribution in [-0.4, -0.2) is 71.0 Å². The Morgan fingerprint density at radius 3 is 2.52 bits per heavy atom. The highest BCUT2D eigenvalue weighted by Crippen LogP contribution is 2.37. The van der Waals surface area contributed by atoms with Crippen LogP contribution in [0, 0.1) is 5.41 Å². The molecule has 0 radical (unpaired) electrons. The molecule has 1 saturated carbocycles. The van der Waals surface area contributed by atoms with E-state index in [-0.39, 0.29) is 29.4 Å². The van der Waals surface area contributed by atoms with Crippen LogP contribution in [0.1, 0.15) is 37.7 Å². The van der Waals surface area contributed by atoms with Gasteiger partial charge in [0.05, 0.1) is 27.4 Å². The number of methoxy groups -OCH3 is 2. The number of nitrogens with two attached hydrogens (primary N) is 1. The first-order valence-corrected chi connectivity index (χ1v) is 11.2. The van der Waals surface area contributed by atoms with E-state index in [1.807, 2.05) is 12.1 Å². The SMILES string of the molecule is COc1ccc(CCNC(N)=NCC2(CN3CCOCC3)CCCCC2)cc1OC.I. The number of hydrogen-bond donors (Lipinski definition) is 2. The van der Waals surface area contributed by atoms with Gasteiger partial charge in [-0.25, -0.2) is 0 Å². The fourth-order valence-electron chi connectivity index (χ4n) is 4.58. The molecule has 0 bridgehead atoms. The summed E-state index contributed by atoms with van der Waals surface area (Å²) in [4.78, 5) is 7.31. The number of hydrogen-bond acceptors (Lipinski definition) is 5. The monoisotopic (exact) mass is 546 g/mol. The van der Waals surface area contributed by atoms with Gasteiger partial charge in [0.2, 0.25) is 0 Å². The van der Waals surface area contributed by atoms with Crippen molar-refractivity contribution in [2.75, 3.05) is 60.2 Å². The van der Waals surface area contributed by atoms with Gasteiger partial charge in [-0.3, -0.25) is 9.89 Å². The molecule has 0 amide bonds. The Labute approximate surface area is 204 Å². The van der Waals surface area contributed by atoms with Crippen LogP contribution in [0.15, 0.2) is 23.2 Å². The molecule has 1 aromatic carbocycles. The molecule has 1 saturated heterocycles. The van der Waals surface area contributed by atoms with E-state index in [9.17, 15) is 0 Å². The molecule has 0 atom stereocenters. The fourth-order valence-corrected chi connectivity index (χ4v) is 4.58. The van der Waals surface area contributed by atoms with Crippen molar-refractivity contribution in [3.05, 3.63) is 23.8 Å². The van der Waals surface area contributed by atoms with Gasteiger partial charge < -0.3 is 25.3 Å².